The number of nitrogens with one attached hydrogen (secondary N) is 1. The molecule has 0 saturated carbocycles. The molecule has 2 aromatic carbocycles. The summed E-state index contributed by atoms with van der Waals surface area (Å²) in [5.74, 6) is -0.150. The van der Waals surface area contributed by atoms with Gasteiger partial charge in [0.1, 0.15) is 5.69 Å². The van der Waals surface area contributed by atoms with Crippen molar-refractivity contribution in [3.63, 3.8) is 0 Å². The molecule has 0 radical (unpaired) electrons. The van der Waals surface area contributed by atoms with Crippen molar-refractivity contribution < 1.29 is 4.79 Å². The smallest absolute Gasteiger partial charge is 0.255 e. The zero-order valence-corrected chi connectivity index (χ0v) is 17.1. The fraction of sp³-hybridized carbons (Fsp3) is 0.160. The first-order valence-corrected chi connectivity index (χ1v) is 10.1. The van der Waals surface area contributed by atoms with Crippen LogP contribution in [0, 0.1) is 6.92 Å². The minimum Gasteiger partial charge on any atom is -0.345 e. The van der Waals surface area contributed by atoms with Crippen LogP contribution < -0.4 is 5.32 Å². The number of hydrogen-bond donors (Lipinski definition) is 1. The van der Waals surface area contributed by atoms with Crippen molar-refractivity contribution in [2.24, 2.45) is 0 Å². The van der Waals surface area contributed by atoms with Crippen molar-refractivity contribution >= 4 is 5.91 Å². The van der Waals surface area contributed by atoms with Gasteiger partial charge in [0.25, 0.3) is 5.91 Å². The summed E-state index contributed by atoms with van der Waals surface area (Å²) < 4.78 is 1.74. The first-order chi connectivity index (χ1) is 14.7. The molecular weight excluding hydrogens is 372 g/mol. The Morgan fingerprint density at radius 1 is 1.03 bits per heavy atom. The van der Waals surface area contributed by atoms with Crippen LogP contribution in [-0.4, -0.2) is 20.7 Å². The average Bonchev–Trinajstić information content (AvgIpc) is 3.25. The third-order valence-electron chi connectivity index (χ3n) is 5.11. The zero-order valence-electron chi connectivity index (χ0n) is 17.1. The minimum atomic E-state index is -0.150. The predicted octanol–water partition coefficient (Wildman–Crippen LogP) is 5.12. The number of nitrogens with zero attached hydrogens (tertiary/aromatic N) is 3. The molecule has 30 heavy (non-hydrogen) atoms. The first kappa shape index (κ1) is 19.6. The molecule has 2 heterocycles. The van der Waals surface area contributed by atoms with E-state index in [1.165, 1.54) is 5.56 Å². The van der Waals surface area contributed by atoms with Gasteiger partial charge >= 0.3 is 0 Å². The van der Waals surface area contributed by atoms with E-state index in [-0.39, 0.29) is 11.9 Å². The molecule has 1 amide bonds. The maximum Gasteiger partial charge on any atom is 0.255 e. The highest BCUT2D eigenvalue weighted by Crippen LogP contribution is 2.25. The van der Waals surface area contributed by atoms with Crippen LogP contribution in [0.4, 0.5) is 0 Å². The van der Waals surface area contributed by atoms with E-state index in [1.807, 2.05) is 42.5 Å². The number of rotatable bonds is 6. The third-order valence-corrected chi connectivity index (χ3v) is 5.11. The van der Waals surface area contributed by atoms with Gasteiger partial charge in [0, 0.05) is 24.2 Å². The summed E-state index contributed by atoms with van der Waals surface area (Å²) in [5.41, 5.74) is 5.13. The van der Waals surface area contributed by atoms with Crippen molar-refractivity contribution in [1.29, 1.82) is 0 Å². The largest absolute Gasteiger partial charge is 0.345 e. The number of aromatic nitrogens is 3. The van der Waals surface area contributed by atoms with Gasteiger partial charge in [0.2, 0.25) is 0 Å². The molecule has 0 saturated heterocycles. The highest BCUT2D eigenvalue weighted by molar-refractivity contribution is 6.00. The van der Waals surface area contributed by atoms with E-state index >= 15 is 0 Å². The van der Waals surface area contributed by atoms with Crippen LogP contribution in [-0.2, 0) is 0 Å². The number of carbonyl (C=O) groups is 1. The number of benzene rings is 2. The molecule has 4 rings (SSSR count). The van der Waals surface area contributed by atoms with Gasteiger partial charge in [-0.15, -0.1) is 0 Å². The van der Waals surface area contributed by atoms with E-state index in [1.54, 1.807) is 23.3 Å². The fourth-order valence-corrected chi connectivity index (χ4v) is 3.42. The van der Waals surface area contributed by atoms with Crippen LogP contribution in [0.1, 0.15) is 40.9 Å². The van der Waals surface area contributed by atoms with Crippen molar-refractivity contribution in [3.05, 3.63) is 102 Å². The summed E-state index contributed by atoms with van der Waals surface area (Å²) in [6.07, 6.45) is 6.02. The van der Waals surface area contributed by atoms with Gasteiger partial charge in [-0.2, -0.15) is 5.10 Å². The van der Waals surface area contributed by atoms with Gasteiger partial charge in [-0.05, 0) is 43.2 Å². The molecule has 0 unspecified atom stereocenters. The van der Waals surface area contributed by atoms with Crippen molar-refractivity contribution in [1.82, 2.24) is 20.1 Å². The van der Waals surface area contributed by atoms with Crippen LogP contribution in [0.2, 0.25) is 0 Å². The van der Waals surface area contributed by atoms with Crippen LogP contribution in [0.3, 0.4) is 0 Å². The Balaban J connectivity index is 1.70. The van der Waals surface area contributed by atoms with Crippen molar-refractivity contribution in [2.75, 3.05) is 0 Å². The van der Waals surface area contributed by atoms with Crippen LogP contribution >= 0.6 is 0 Å². The summed E-state index contributed by atoms with van der Waals surface area (Å²) in [6, 6.07) is 21.7. The second kappa shape index (κ2) is 8.74. The summed E-state index contributed by atoms with van der Waals surface area (Å²) in [7, 11) is 0. The molecule has 0 bridgehead atoms. The number of aryl methyl sites for hydroxylation is 1. The lowest BCUT2D eigenvalue weighted by atomic mass is 10.0. The second-order valence-electron chi connectivity index (χ2n) is 7.26. The Morgan fingerprint density at radius 2 is 1.80 bits per heavy atom. The zero-order chi connectivity index (χ0) is 20.9. The van der Waals surface area contributed by atoms with Gasteiger partial charge in [-0.1, -0.05) is 55.0 Å². The summed E-state index contributed by atoms with van der Waals surface area (Å²) in [5, 5.41) is 7.89. The highest BCUT2D eigenvalue weighted by Gasteiger charge is 2.21. The van der Waals surface area contributed by atoms with E-state index in [0.717, 1.165) is 23.2 Å². The number of para-hydroxylation sites is 1. The number of pyridine rings is 1. The standard InChI is InChI=1S/C25H24N4O/c1-3-23(19-13-11-18(2)12-14-19)27-25(30)22-17-29(21-9-5-4-6-10-21)28-24(22)20-8-7-15-26-16-20/h4-17,23H,3H2,1-2H3,(H,27,30)/t23-/m1/s1. The van der Waals surface area contributed by atoms with E-state index in [9.17, 15) is 4.79 Å². The summed E-state index contributed by atoms with van der Waals surface area (Å²) >= 11 is 0. The molecule has 5 nitrogen and oxygen atoms in total. The topological polar surface area (TPSA) is 59.8 Å². The van der Waals surface area contributed by atoms with E-state index in [2.05, 4.69) is 48.4 Å². The maximum absolute atomic E-state index is 13.3. The maximum atomic E-state index is 13.3. The molecule has 0 spiro atoms. The van der Waals surface area contributed by atoms with E-state index < -0.39 is 0 Å². The summed E-state index contributed by atoms with van der Waals surface area (Å²) in [6.45, 7) is 4.13. The second-order valence-corrected chi connectivity index (χ2v) is 7.26. The lowest BCUT2D eigenvalue weighted by Crippen LogP contribution is -2.28. The van der Waals surface area contributed by atoms with Crippen molar-refractivity contribution in [3.8, 4) is 16.9 Å². The monoisotopic (exact) mass is 396 g/mol. The van der Waals surface area contributed by atoms with Gasteiger partial charge in [-0.25, -0.2) is 4.68 Å². The fourth-order valence-electron chi connectivity index (χ4n) is 3.42. The number of amides is 1. The Bertz CT molecular complexity index is 1120. The molecule has 1 atom stereocenters. The van der Waals surface area contributed by atoms with Crippen LogP contribution in [0.5, 0.6) is 0 Å². The molecule has 5 heteroatoms. The lowest BCUT2D eigenvalue weighted by molar-refractivity contribution is 0.0936. The van der Waals surface area contributed by atoms with Crippen LogP contribution in [0.25, 0.3) is 16.9 Å². The Morgan fingerprint density at radius 3 is 2.47 bits per heavy atom. The Kier molecular flexibility index (Phi) is 5.70. The Hall–Kier alpha value is -3.73. The molecule has 0 aliphatic heterocycles. The summed E-state index contributed by atoms with van der Waals surface area (Å²) in [4.78, 5) is 17.5. The molecule has 1 N–H and O–H groups in total. The molecular formula is C25H24N4O. The number of hydrogen-bond acceptors (Lipinski definition) is 3. The lowest BCUT2D eigenvalue weighted by Gasteiger charge is -2.17. The molecule has 0 aliphatic rings. The molecule has 0 fully saturated rings. The van der Waals surface area contributed by atoms with Gasteiger partial charge in [-0.3, -0.25) is 9.78 Å². The molecule has 2 aromatic heterocycles. The third kappa shape index (κ3) is 4.15. The highest BCUT2D eigenvalue weighted by atomic mass is 16.1. The normalized spacial score (nSPS) is 11.8. The molecule has 4 aromatic rings. The average molecular weight is 396 g/mol. The minimum absolute atomic E-state index is 0.0695. The van der Waals surface area contributed by atoms with Gasteiger partial charge in [0.05, 0.1) is 17.3 Å². The first-order valence-electron chi connectivity index (χ1n) is 10.1. The Labute approximate surface area is 176 Å². The molecule has 0 aliphatic carbocycles. The van der Waals surface area contributed by atoms with Crippen molar-refractivity contribution in [2.45, 2.75) is 26.3 Å². The van der Waals surface area contributed by atoms with Gasteiger partial charge < -0.3 is 5.32 Å². The quantitative estimate of drug-likeness (QED) is 0.492. The number of carbonyl (C=O) groups excluding carboxylic acids is 1. The van der Waals surface area contributed by atoms with E-state index in [0.29, 0.717) is 11.3 Å². The predicted molar refractivity (Wildman–Crippen MR) is 118 cm³/mol. The SMILES string of the molecule is CC[C@@H](NC(=O)c1cn(-c2ccccc2)nc1-c1cccnc1)c1ccc(C)cc1. The van der Waals surface area contributed by atoms with Gasteiger partial charge in [0.15, 0.2) is 0 Å². The van der Waals surface area contributed by atoms with E-state index in [4.69, 9.17) is 5.10 Å². The molecule has 150 valence electrons. The van der Waals surface area contributed by atoms with Crippen LogP contribution in [0.15, 0.2) is 85.3 Å².